The lowest BCUT2D eigenvalue weighted by atomic mass is 10.2. The number of H-pyrrole nitrogens is 2. The molecule has 0 atom stereocenters. The lowest BCUT2D eigenvalue weighted by Gasteiger charge is -2.01. The highest BCUT2D eigenvalue weighted by molar-refractivity contribution is 7.71. The molecule has 0 saturated carbocycles. The van der Waals surface area contributed by atoms with Gasteiger partial charge in [0, 0.05) is 11.8 Å². The number of carbonyl (C=O) groups is 1. The van der Waals surface area contributed by atoms with Gasteiger partial charge in [-0.2, -0.15) is 0 Å². The molecule has 0 spiro atoms. The third-order valence-corrected chi connectivity index (χ3v) is 2.54. The lowest BCUT2D eigenvalue weighted by molar-refractivity contribution is -0.111. The highest BCUT2D eigenvalue weighted by Crippen LogP contribution is 2.16. The van der Waals surface area contributed by atoms with Crippen LogP contribution in [0, 0.1) is 4.77 Å². The maximum Gasteiger partial charge on any atom is 0.248 e. The number of carbonyl (C=O) groups excluding carboxylic acids is 1. The van der Waals surface area contributed by atoms with Gasteiger partial charge in [0.15, 0.2) is 4.77 Å². The van der Waals surface area contributed by atoms with Crippen molar-refractivity contribution in [3.63, 3.8) is 0 Å². The van der Waals surface area contributed by atoms with Crippen LogP contribution in [-0.4, -0.2) is 15.9 Å². The van der Waals surface area contributed by atoms with E-state index in [0.717, 1.165) is 16.7 Å². The number of imidazole rings is 1. The van der Waals surface area contributed by atoms with E-state index in [1.807, 2.05) is 31.2 Å². The molecule has 0 aliphatic heterocycles. The zero-order valence-corrected chi connectivity index (χ0v) is 10.7. The van der Waals surface area contributed by atoms with Gasteiger partial charge in [0.1, 0.15) is 0 Å². The molecule has 4 nitrogen and oxygen atoms in total. The van der Waals surface area contributed by atoms with E-state index in [9.17, 15) is 4.79 Å². The summed E-state index contributed by atoms with van der Waals surface area (Å²) in [5.74, 6) is -0.165. The molecule has 0 aliphatic rings. The summed E-state index contributed by atoms with van der Waals surface area (Å²) in [6.07, 6.45) is 6.82. The maximum absolute atomic E-state index is 11.6. The van der Waals surface area contributed by atoms with Gasteiger partial charge in [-0.3, -0.25) is 4.79 Å². The average Bonchev–Trinajstić information content (AvgIpc) is 2.69. The van der Waals surface area contributed by atoms with E-state index in [1.54, 1.807) is 12.2 Å². The van der Waals surface area contributed by atoms with E-state index in [0.29, 0.717) is 4.77 Å². The number of rotatable bonds is 3. The first kappa shape index (κ1) is 12.3. The van der Waals surface area contributed by atoms with E-state index >= 15 is 0 Å². The zero-order valence-electron chi connectivity index (χ0n) is 9.86. The van der Waals surface area contributed by atoms with Crippen LogP contribution >= 0.6 is 12.2 Å². The monoisotopic (exact) mass is 259 g/mol. The van der Waals surface area contributed by atoms with Gasteiger partial charge in [-0.05, 0) is 37.3 Å². The number of aromatic nitrogens is 2. The van der Waals surface area contributed by atoms with E-state index < -0.39 is 0 Å². The van der Waals surface area contributed by atoms with Crippen molar-refractivity contribution in [2.24, 2.45) is 0 Å². The summed E-state index contributed by atoms with van der Waals surface area (Å²) in [6.45, 7) is 1.89. The largest absolute Gasteiger partial charge is 0.331 e. The van der Waals surface area contributed by atoms with Gasteiger partial charge < -0.3 is 15.3 Å². The second-order valence-electron chi connectivity index (χ2n) is 3.71. The third kappa shape index (κ3) is 2.95. The van der Waals surface area contributed by atoms with E-state index in [1.165, 1.54) is 6.08 Å². The molecular formula is C13H13N3OS. The minimum Gasteiger partial charge on any atom is -0.331 e. The number of hydrogen-bond acceptors (Lipinski definition) is 2. The second kappa shape index (κ2) is 5.46. The molecule has 18 heavy (non-hydrogen) atoms. The number of fused-ring (bicyclic) bond motifs is 1. The van der Waals surface area contributed by atoms with Crippen LogP contribution < -0.4 is 5.32 Å². The number of aromatic amines is 2. The second-order valence-corrected chi connectivity index (χ2v) is 4.12. The Morgan fingerprint density at radius 2 is 2.06 bits per heavy atom. The van der Waals surface area contributed by atoms with Gasteiger partial charge >= 0.3 is 0 Å². The number of amides is 1. The highest BCUT2D eigenvalue weighted by atomic mass is 32.1. The quantitative estimate of drug-likeness (QED) is 0.450. The molecule has 1 amide bonds. The molecule has 0 unspecified atom stereocenters. The first-order valence-corrected chi connectivity index (χ1v) is 5.92. The minimum absolute atomic E-state index is 0.165. The summed E-state index contributed by atoms with van der Waals surface area (Å²) in [4.78, 5) is 17.6. The Morgan fingerprint density at radius 1 is 1.28 bits per heavy atom. The number of allylic oxidation sites excluding steroid dienone is 3. The molecular weight excluding hydrogens is 246 g/mol. The summed E-state index contributed by atoms with van der Waals surface area (Å²) in [6, 6.07) is 5.53. The number of benzene rings is 1. The first-order valence-electron chi connectivity index (χ1n) is 5.51. The van der Waals surface area contributed by atoms with Crippen molar-refractivity contribution in [1.82, 2.24) is 9.97 Å². The SMILES string of the molecule is CC=CC=CC(=O)Nc1ccc2[nH]c(=S)[nH]c2c1. The van der Waals surface area contributed by atoms with Crippen LogP contribution in [0.2, 0.25) is 0 Å². The van der Waals surface area contributed by atoms with Gasteiger partial charge in [0.2, 0.25) is 5.91 Å². The number of nitrogens with one attached hydrogen (secondary N) is 3. The summed E-state index contributed by atoms with van der Waals surface area (Å²) in [5.41, 5.74) is 2.51. The molecule has 1 aromatic heterocycles. The Bertz CT molecular complexity index is 679. The minimum atomic E-state index is -0.165. The summed E-state index contributed by atoms with van der Waals surface area (Å²) < 4.78 is 0.571. The van der Waals surface area contributed by atoms with E-state index in [4.69, 9.17) is 12.2 Å². The van der Waals surface area contributed by atoms with Gasteiger partial charge in [0.25, 0.3) is 0 Å². The van der Waals surface area contributed by atoms with Crippen LogP contribution in [0.25, 0.3) is 11.0 Å². The molecule has 5 heteroatoms. The molecule has 0 radical (unpaired) electrons. The fourth-order valence-corrected chi connectivity index (χ4v) is 1.77. The van der Waals surface area contributed by atoms with Gasteiger partial charge in [-0.25, -0.2) is 0 Å². The maximum atomic E-state index is 11.6. The smallest absolute Gasteiger partial charge is 0.248 e. The van der Waals surface area contributed by atoms with Crippen LogP contribution in [0.5, 0.6) is 0 Å². The fourth-order valence-electron chi connectivity index (χ4n) is 1.55. The van der Waals surface area contributed by atoms with Crippen molar-refractivity contribution in [3.8, 4) is 0 Å². The molecule has 2 aromatic rings. The van der Waals surface area contributed by atoms with Crippen LogP contribution in [0.1, 0.15) is 6.92 Å². The third-order valence-electron chi connectivity index (χ3n) is 2.33. The first-order chi connectivity index (χ1) is 8.69. The van der Waals surface area contributed by atoms with E-state index in [-0.39, 0.29) is 5.91 Å². The topological polar surface area (TPSA) is 60.7 Å². The van der Waals surface area contributed by atoms with Gasteiger partial charge in [-0.15, -0.1) is 0 Å². The zero-order chi connectivity index (χ0) is 13.0. The predicted molar refractivity (Wildman–Crippen MR) is 76.1 cm³/mol. The fraction of sp³-hybridized carbons (Fsp3) is 0.0769. The van der Waals surface area contributed by atoms with Crippen molar-refractivity contribution < 1.29 is 4.79 Å². The lowest BCUT2D eigenvalue weighted by Crippen LogP contribution is -2.07. The van der Waals surface area contributed by atoms with Crippen molar-refractivity contribution >= 4 is 34.8 Å². The molecule has 0 aliphatic carbocycles. The molecule has 3 N–H and O–H groups in total. The molecule has 0 saturated heterocycles. The summed E-state index contributed by atoms with van der Waals surface area (Å²) >= 11 is 5.00. The average molecular weight is 259 g/mol. The summed E-state index contributed by atoms with van der Waals surface area (Å²) in [7, 11) is 0. The Kier molecular flexibility index (Phi) is 3.74. The predicted octanol–water partition coefficient (Wildman–Crippen LogP) is 3.30. The molecule has 2 rings (SSSR count). The number of anilines is 1. The van der Waals surface area contributed by atoms with Crippen LogP contribution in [0.15, 0.2) is 42.5 Å². The normalized spacial score (nSPS) is 11.6. The van der Waals surface area contributed by atoms with Crippen molar-refractivity contribution in [1.29, 1.82) is 0 Å². The van der Waals surface area contributed by atoms with Crippen molar-refractivity contribution in [2.45, 2.75) is 6.92 Å². The van der Waals surface area contributed by atoms with Gasteiger partial charge in [0.05, 0.1) is 11.0 Å². The van der Waals surface area contributed by atoms with Gasteiger partial charge in [-0.1, -0.05) is 18.2 Å². The molecule has 1 heterocycles. The number of hydrogen-bond donors (Lipinski definition) is 3. The van der Waals surface area contributed by atoms with Crippen molar-refractivity contribution in [2.75, 3.05) is 5.32 Å². The Labute approximate surface area is 109 Å². The Morgan fingerprint density at radius 3 is 2.83 bits per heavy atom. The van der Waals surface area contributed by atoms with E-state index in [2.05, 4.69) is 15.3 Å². The van der Waals surface area contributed by atoms with Crippen LogP contribution in [0.3, 0.4) is 0 Å². The van der Waals surface area contributed by atoms with Crippen molar-refractivity contribution in [3.05, 3.63) is 47.3 Å². The van der Waals surface area contributed by atoms with Crippen LogP contribution in [0.4, 0.5) is 5.69 Å². The molecule has 0 fully saturated rings. The Hall–Kier alpha value is -2.14. The standard InChI is InChI=1S/C13H13N3OS/c1-2-3-4-5-12(17)14-9-6-7-10-11(8-9)16-13(18)15-10/h2-8H,1H3,(H,14,17)(H2,15,16,18). The highest BCUT2D eigenvalue weighted by Gasteiger charge is 2.00. The Balaban J connectivity index is 2.16. The molecule has 1 aromatic carbocycles. The molecule has 92 valence electrons. The summed E-state index contributed by atoms with van der Waals surface area (Å²) in [5, 5.41) is 2.77. The molecule has 0 bridgehead atoms. The van der Waals surface area contributed by atoms with Crippen LogP contribution in [-0.2, 0) is 4.79 Å².